The molecule has 1 aromatic rings. The fourth-order valence-corrected chi connectivity index (χ4v) is 19.9. The first kappa shape index (κ1) is 20.1. The van der Waals surface area contributed by atoms with Gasteiger partial charge in [-0.25, -0.2) is 0 Å². The van der Waals surface area contributed by atoms with Crippen molar-refractivity contribution in [3.63, 3.8) is 0 Å². The molecule has 1 heterocycles. The molecule has 2 nitrogen and oxygen atoms in total. The number of rotatable bonds is 12. The second kappa shape index (κ2) is 10.7. The number of hydrogen-bond donors (Lipinski definition) is 1. The van der Waals surface area contributed by atoms with Gasteiger partial charge in [-0.15, -0.1) is 0 Å². The van der Waals surface area contributed by atoms with Gasteiger partial charge in [-0.05, 0) is 0 Å². The summed E-state index contributed by atoms with van der Waals surface area (Å²) in [5, 5.41) is 0. The quantitative estimate of drug-likeness (QED) is 0.476. The number of hydrogen-bond acceptors (Lipinski definition) is 2. The molecule has 0 spiro atoms. The van der Waals surface area contributed by atoms with Gasteiger partial charge in [0.2, 0.25) is 0 Å². The topological polar surface area (TPSA) is 39.2 Å². The van der Waals surface area contributed by atoms with Crippen LogP contribution in [0.2, 0.25) is 13.3 Å². The maximum absolute atomic E-state index is 6.16. The van der Waals surface area contributed by atoms with Crippen LogP contribution in [0.3, 0.4) is 0 Å². The predicted molar refractivity (Wildman–Crippen MR) is 101 cm³/mol. The molecule has 0 amide bonds. The first-order valence-corrected chi connectivity index (χ1v) is 16.9. The molecule has 22 heavy (non-hydrogen) atoms. The van der Waals surface area contributed by atoms with Crippen molar-refractivity contribution in [2.24, 2.45) is 5.73 Å². The molecular weight excluding hydrogens is 377 g/mol. The number of unbranched alkanes of at least 4 members (excludes halogenated alkanes) is 3. The third kappa shape index (κ3) is 5.92. The van der Waals surface area contributed by atoms with E-state index in [-0.39, 0.29) is 6.04 Å². The minimum atomic E-state index is -2.41. The zero-order valence-electron chi connectivity index (χ0n) is 15.3. The van der Waals surface area contributed by atoms with Gasteiger partial charge in [-0.2, -0.15) is 0 Å². The van der Waals surface area contributed by atoms with Crippen LogP contribution < -0.4 is 9.51 Å². The van der Waals surface area contributed by atoms with Crippen LogP contribution in [0.25, 0.3) is 0 Å². The van der Waals surface area contributed by atoms with E-state index in [9.17, 15) is 0 Å². The van der Waals surface area contributed by atoms with E-state index in [1.54, 1.807) is 0 Å². The third-order valence-corrected chi connectivity index (χ3v) is 20.0. The molecule has 0 aliphatic heterocycles. The average Bonchev–Trinajstić information content (AvgIpc) is 2.95. The van der Waals surface area contributed by atoms with Crippen molar-refractivity contribution in [1.29, 1.82) is 0 Å². The van der Waals surface area contributed by atoms with Crippen LogP contribution in [0.1, 0.15) is 71.8 Å². The summed E-state index contributed by atoms with van der Waals surface area (Å²) in [6.45, 7) is 9.07. The first-order valence-electron chi connectivity index (χ1n) is 9.42. The molecule has 0 saturated carbocycles. The normalized spacial score (nSPS) is 13.5. The predicted octanol–water partition coefficient (Wildman–Crippen LogP) is 5.23. The van der Waals surface area contributed by atoms with E-state index in [4.69, 9.17) is 10.2 Å². The van der Waals surface area contributed by atoms with Crippen LogP contribution in [-0.4, -0.2) is 24.4 Å². The summed E-state index contributed by atoms with van der Waals surface area (Å²) in [5.41, 5.74) is 7.52. The van der Waals surface area contributed by atoms with Gasteiger partial charge in [0.1, 0.15) is 0 Å². The Morgan fingerprint density at radius 2 is 1.50 bits per heavy atom. The van der Waals surface area contributed by atoms with E-state index < -0.39 is 18.4 Å². The third-order valence-electron chi connectivity index (χ3n) is 4.80. The molecule has 1 rings (SSSR count). The number of furan rings is 1. The standard InChI is InChI=1S/C7H10NO.3C4H9.Sn/c1-6(8)4-7-2-3-9-5-7;3*1-3-4-2;/h2-3,6H,4,8H2,1H3;3*1,3-4H2,2H3;. The SMILES string of the molecule is CCC[CH2][Sn]([CH2]CCC)([CH2]CCC)[c]1occc1CC(C)N. The molecule has 1 atom stereocenters. The van der Waals surface area contributed by atoms with Crippen molar-refractivity contribution in [2.45, 2.75) is 92.0 Å². The van der Waals surface area contributed by atoms with Gasteiger partial charge in [0.25, 0.3) is 0 Å². The van der Waals surface area contributed by atoms with Gasteiger partial charge in [0.05, 0.1) is 0 Å². The van der Waals surface area contributed by atoms with E-state index in [1.807, 2.05) is 6.26 Å². The van der Waals surface area contributed by atoms with E-state index in [0.717, 1.165) is 6.42 Å². The number of nitrogens with two attached hydrogens (primary N) is 1. The zero-order valence-corrected chi connectivity index (χ0v) is 18.1. The molecule has 0 bridgehead atoms. The van der Waals surface area contributed by atoms with E-state index in [2.05, 4.69) is 33.8 Å². The van der Waals surface area contributed by atoms with E-state index >= 15 is 0 Å². The van der Waals surface area contributed by atoms with Crippen LogP contribution in [0, 0.1) is 0 Å². The molecule has 2 N–H and O–H groups in total. The van der Waals surface area contributed by atoms with Crippen LogP contribution in [0.5, 0.6) is 0 Å². The fourth-order valence-electron chi connectivity index (χ4n) is 3.57. The molecule has 1 aromatic heterocycles. The minimum absolute atomic E-state index is 0.226. The van der Waals surface area contributed by atoms with Crippen LogP contribution in [-0.2, 0) is 6.42 Å². The van der Waals surface area contributed by atoms with Crippen molar-refractivity contribution < 1.29 is 4.42 Å². The zero-order chi connectivity index (χ0) is 16.4. The molecule has 0 aliphatic rings. The summed E-state index contributed by atoms with van der Waals surface area (Å²) in [6, 6.07) is 2.43. The Balaban J connectivity index is 3.10. The second-order valence-corrected chi connectivity index (χ2v) is 19.9. The molecule has 0 aromatic carbocycles. The summed E-state index contributed by atoms with van der Waals surface area (Å²) in [5.74, 6) is 0. The molecule has 1 unspecified atom stereocenters. The van der Waals surface area contributed by atoms with Gasteiger partial charge in [0.15, 0.2) is 0 Å². The van der Waals surface area contributed by atoms with E-state index in [1.165, 1.54) is 61.2 Å². The summed E-state index contributed by atoms with van der Waals surface area (Å²) in [4.78, 5) is 0. The molecule has 128 valence electrons. The Hall–Kier alpha value is 0.0387. The van der Waals surface area contributed by atoms with Crippen molar-refractivity contribution >= 4 is 22.2 Å². The van der Waals surface area contributed by atoms with Gasteiger partial charge in [-0.3, -0.25) is 0 Å². The monoisotopic (exact) mass is 415 g/mol. The van der Waals surface area contributed by atoms with E-state index in [0.29, 0.717) is 0 Å². The first-order chi connectivity index (χ1) is 10.6. The van der Waals surface area contributed by atoms with Gasteiger partial charge in [-0.1, -0.05) is 0 Å². The van der Waals surface area contributed by atoms with Crippen molar-refractivity contribution in [2.75, 3.05) is 0 Å². The molecule has 0 fully saturated rings. The second-order valence-electron chi connectivity index (χ2n) is 7.05. The molecule has 0 aliphatic carbocycles. The molecular formula is C19H37NOSn. The summed E-state index contributed by atoms with van der Waals surface area (Å²) >= 11 is -2.41. The van der Waals surface area contributed by atoms with Crippen LogP contribution >= 0.6 is 0 Å². The van der Waals surface area contributed by atoms with Gasteiger partial charge < -0.3 is 0 Å². The fraction of sp³-hybridized carbons (Fsp3) is 0.789. The van der Waals surface area contributed by atoms with Crippen molar-refractivity contribution in [1.82, 2.24) is 0 Å². The van der Waals surface area contributed by atoms with Crippen LogP contribution in [0.15, 0.2) is 16.7 Å². The molecule has 3 heteroatoms. The maximum atomic E-state index is 6.16. The van der Waals surface area contributed by atoms with Gasteiger partial charge in [0, 0.05) is 0 Å². The van der Waals surface area contributed by atoms with Gasteiger partial charge >= 0.3 is 142 Å². The average molecular weight is 414 g/mol. The van der Waals surface area contributed by atoms with Crippen molar-refractivity contribution in [3.05, 3.63) is 17.9 Å². The Morgan fingerprint density at radius 3 is 1.91 bits per heavy atom. The Bertz CT molecular complexity index is 378. The summed E-state index contributed by atoms with van der Waals surface area (Å²) in [6.07, 6.45) is 11.0. The summed E-state index contributed by atoms with van der Waals surface area (Å²) < 4.78 is 12.0. The molecule has 0 saturated heterocycles. The van der Waals surface area contributed by atoms with Crippen molar-refractivity contribution in [3.8, 4) is 0 Å². The van der Waals surface area contributed by atoms with Crippen LogP contribution in [0.4, 0.5) is 0 Å². The Labute approximate surface area is 142 Å². The molecule has 0 radical (unpaired) electrons. The Kier molecular flexibility index (Phi) is 9.81. The summed E-state index contributed by atoms with van der Waals surface area (Å²) in [7, 11) is 0. The Morgan fingerprint density at radius 1 is 1.00 bits per heavy atom.